The van der Waals surface area contributed by atoms with E-state index in [1.807, 2.05) is 36.4 Å². The molecule has 0 spiro atoms. The van der Waals surface area contributed by atoms with Crippen molar-refractivity contribution in [3.8, 4) is 11.4 Å². The normalized spacial score (nSPS) is 11.5. The maximum Gasteiger partial charge on any atom is 0.240 e. The molecule has 0 radical (unpaired) electrons. The largest absolute Gasteiger partial charge is 0.340 e. The first-order valence-electron chi connectivity index (χ1n) is 9.11. The number of hydrogen-bond donors (Lipinski definition) is 2. The van der Waals surface area contributed by atoms with E-state index in [0.29, 0.717) is 18.2 Å². The van der Waals surface area contributed by atoms with Gasteiger partial charge < -0.3 is 5.32 Å². The lowest BCUT2D eigenvalue weighted by Crippen LogP contribution is -2.22. The first-order valence-corrected chi connectivity index (χ1v) is 10.6. The highest BCUT2D eigenvalue weighted by Gasteiger charge is 2.13. The van der Waals surface area contributed by atoms with Gasteiger partial charge in [-0.1, -0.05) is 19.1 Å². The lowest BCUT2D eigenvalue weighted by atomic mass is 10.2. The summed E-state index contributed by atoms with van der Waals surface area (Å²) in [5, 5.41) is 4.15. The van der Waals surface area contributed by atoms with Crippen LogP contribution < -0.4 is 10.0 Å². The molecule has 0 aliphatic rings. The van der Waals surface area contributed by atoms with Gasteiger partial charge >= 0.3 is 0 Å². The highest BCUT2D eigenvalue weighted by molar-refractivity contribution is 7.89. The molecule has 0 bridgehead atoms. The van der Waals surface area contributed by atoms with Crippen molar-refractivity contribution in [3.63, 3.8) is 0 Å². The predicted octanol–water partition coefficient (Wildman–Crippen LogP) is 3.73. The molecule has 0 unspecified atom stereocenters. The third-order valence-corrected chi connectivity index (χ3v) is 5.85. The van der Waals surface area contributed by atoms with Crippen LogP contribution >= 0.6 is 0 Å². The lowest BCUT2D eigenvalue weighted by Gasteiger charge is -2.12. The Kier molecular flexibility index (Phi) is 5.20. The van der Waals surface area contributed by atoms with Gasteiger partial charge in [-0.3, -0.25) is 4.98 Å². The van der Waals surface area contributed by atoms with Crippen LogP contribution in [0.3, 0.4) is 0 Å². The number of aromatic nitrogens is 3. The lowest BCUT2D eigenvalue weighted by molar-refractivity contribution is 0.584. The van der Waals surface area contributed by atoms with Gasteiger partial charge in [-0.2, -0.15) is 0 Å². The Labute approximate surface area is 168 Å². The molecule has 0 amide bonds. The summed E-state index contributed by atoms with van der Waals surface area (Å²) in [7, 11) is -3.49. The highest BCUT2D eigenvalue weighted by atomic mass is 32.2. The van der Waals surface area contributed by atoms with Gasteiger partial charge in [-0.25, -0.2) is 23.1 Å². The van der Waals surface area contributed by atoms with Gasteiger partial charge in [0.15, 0.2) is 5.82 Å². The van der Waals surface area contributed by atoms with Crippen LogP contribution in [0.1, 0.15) is 6.92 Å². The van der Waals surface area contributed by atoms with Crippen molar-refractivity contribution in [2.75, 3.05) is 11.9 Å². The summed E-state index contributed by atoms with van der Waals surface area (Å²) in [6, 6.07) is 18.0. The Morgan fingerprint density at radius 3 is 2.45 bits per heavy atom. The summed E-state index contributed by atoms with van der Waals surface area (Å²) in [4.78, 5) is 13.7. The van der Waals surface area contributed by atoms with Crippen LogP contribution in [0.5, 0.6) is 0 Å². The number of rotatable bonds is 6. The number of benzene rings is 2. The molecule has 2 heterocycles. The zero-order valence-corrected chi connectivity index (χ0v) is 16.5. The minimum atomic E-state index is -3.49. The number of nitrogens with one attached hydrogen (secondary N) is 2. The molecule has 0 fully saturated rings. The van der Waals surface area contributed by atoms with Gasteiger partial charge in [0.1, 0.15) is 5.82 Å². The number of para-hydroxylation sites is 1. The fraction of sp³-hybridized carbons (Fsp3) is 0.0952. The summed E-state index contributed by atoms with van der Waals surface area (Å²) in [6.07, 6.45) is 3.42. The van der Waals surface area contributed by atoms with E-state index >= 15 is 0 Å². The molecule has 4 rings (SSSR count). The van der Waals surface area contributed by atoms with Crippen LogP contribution in [0.15, 0.2) is 78.0 Å². The smallest absolute Gasteiger partial charge is 0.240 e. The molecule has 0 saturated heterocycles. The molecule has 2 N–H and O–H groups in total. The second-order valence-electron chi connectivity index (χ2n) is 6.31. The predicted molar refractivity (Wildman–Crippen MR) is 113 cm³/mol. The Balaban J connectivity index is 1.72. The Morgan fingerprint density at radius 1 is 0.931 bits per heavy atom. The van der Waals surface area contributed by atoms with Gasteiger partial charge in [0.25, 0.3) is 0 Å². The molecule has 7 nitrogen and oxygen atoms in total. The monoisotopic (exact) mass is 405 g/mol. The molecule has 0 saturated carbocycles. The molecule has 8 heteroatoms. The van der Waals surface area contributed by atoms with Gasteiger partial charge in [0.2, 0.25) is 10.0 Å². The second kappa shape index (κ2) is 7.94. The van der Waals surface area contributed by atoms with Gasteiger partial charge in [-0.05, 0) is 48.5 Å². The number of nitrogens with zero attached hydrogens (tertiary/aromatic N) is 3. The average molecular weight is 405 g/mol. The van der Waals surface area contributed by atoms with E-state index in [0.717, 1.165) is 22.2 Å². The SMILES string of the molecule is CCNS(=O)(=O)c1ccc(Nc2nc(-c3cccnc3)nc3ccccc23)cc1. The van der Waals surface area contributed by atoms with Crippen molar-refractivity contribution >= 4 is 32.4 Å². The minimum Gasteiger partial charge on any atom is -0.340 e. The fourth-order valence-corrected chi connectivity index (χ4v) is 3.96. The van der Waals surface area contributed by atoms with E-state index in [9.17, 15) is 8.42 Å². The summed E-state index contributed by atoms with van der Waals surface area (Å²) >= 11 is 0. The minimum absolute atomic E-state index is 0.216. The van der Waals surface area contributed by atoms with E-state index in [4.69, 9.17) is 0 Å². The molecular formula is C21H19N5O2S. The maximum absolute atomic E-state index is 12.1. The quantitative estimate of drug-likeness (QED) is 0.507. The average Bonchev–Trinajstić information content (AvgIpc) is 2.75. The third-order valence-electron chi connectivity index (χ3n) is 4.28. The van der Waals surface area contributed by atoms with Gasteiger partial charge in [0.05, 0.1) is 10.4 Å². The van der Waals surface area contributed by atoms with Crippen LogP contribution in [0.2, 0.25) is 0 Å². The fourth-order valence-electron chi connectivity index (χ4n) is 2.92. The molecule has 146 valence electrons. The molecule has 29 heavy (non-hydrogen) atoms. The Bertz CT molecular complexity index is 1240. The summed E-state index contributed by atoms with van der Waals surface area (Å²) in [6.45, 7) is 2.08. The molecule has 0 aliphatic carbocycles. The number of pyridine rings is 1. The van der Waals surface area contributed by atoms with E-state index in [2.05, 4.69) is 25.0 Å². The van der Waals surface area contributed by atoms with Gasteiger partial charge in [-0.15, -0.1) is 0 Å². The molecule has 2 aromatic carbocycles. The summed E-state index contributed by atoms with van der Waals surface area (Å²) in [5.41, 5.74) is 2.34. The number of sulfonamides is 1. The van der Waals surface area contributed by atoms with Crippen molar-refractivity contribution in [3.05, 3.63) is 73.1 Å². The van der Waals surface area contributed by atoms with Crippen LogP contribution in [-0.4, -0.2) is 29.9 Å². The van der Waals surface area contributed by atoms with E-state index in [1.165, 1.54) is 0 Å². The van der Waals surface area contributed by atoms with Crippen LogP contribution in [0.4, 0.5) is 11.5 Å². The van der Waals surface area contributed by atoms with E-state index in [-0.39, 0.29) is 4.90 Å². The molecule has 0 atom stereocenters. The highest BCUT2D eigenvalue weighted by Crippen LogP contribution is 2.27. The molecule has 4 aromatic rings. The maximum atomic E-state index is 12.1. The third kappa shape index (κ3) is 4.08. The van der Waals surface area contributed by atoms with Crippen molar-refractivity contribution in [1.82, 2.24) is 19.7 Å². The van der Waals surface area contributed by atoms with Crippen LogP contribution in [-0.2, 0) is 10.0 Å². The number of fused-ring (bicyclic) bond motifs is 1. The van der Waals surface area contributed by atoms with Crippen molar-refractivity contribution in [1.29, 1.82) is 0 Å². The first kappa shape index (κ1) is 19.0. The molecule has 2 aromatic heterocycles. The van der Waals surface area contributed by atoms with Crippen molar-refractivity contribution < 1.29 is 8.42 Å². The van der Waals surface area contributed by atoms with E-state index < -0.39 is 10.0 Å². The Morgan fingerprint density at radius 2 is 1.72 bits per heavy atom. The van der Waals surface area contributed by atoms with Crippen molar-refractivity contribution in [2.45, 2.75) is 11.8 Å². The zero-order valence-electron chi connectivity index (χ0n) is 15.7. The summed E-state index contributed by atoms with van der Waals surface area (Å²) < 4.78 is 26.7. The van der Waals surface area contributed by atoms with E-state index in [1.54, 1.807) is 43.6 Å². The topological polar surface area (TPSA) is 96.9 Å². The second-order valence-corrected chi connectivity index (χ2v) is 8.07. The summed E-state index contributed by atoms with van der Waals surface area (Å²) in [5.74, 6) is 1.20. The number of anilines is 2. The van der Waals surface area contributed by atoms with Crippen molar-refractivity contribution in [2.24, 2.45) is 0 Å². The number of hydrogen-bond acceptors (Lipinski definition) is 6. The first-order chi connectivity index (χ1) is 14.1. The molecular weight excluding hydrogens is 386 g/mol. The Hall–Kier alpha value is -3.36. The standard InChI is InChI=1S/C21H19N5O2S/c1-2-23-29(27,28)17-11-9-16(10-12-17)24-21-18-7-3-4-8-19(18)25-20(26-21)15-6-5-13-22-14-15/h3-14,23H,2H2,1H3,(H,24,25,26). The zero-order chi connectivity index (χ0) is 20.3. The molecule has 0 aliphatic heterocycles. The van der Waals surface area contributed by atoms with Crippen LogP contribution in [0, 0.1) is 0 Å². The van der Waals surface area contributed by atoms with Crippen LogP contribution in [0.25, 0.3) is 22.3 Å². The van der Waals surface area contributed by atoms with Gasteiger partial charge in [0, 0.05) is 35.6 Å².